The van der Waals surface area contributed by atoms with E-state index in [1.54, 1.807) is 29.5 Å². The Morgan fingerprint density at radius 3 is 2.90 bits per heavy atom. The zero-order valence-corrected chi connectivity index (χ0v) is 16.7. The minimum Gasteiger partial charge on any atom is -0.454 e. The number of carbonyl (C=O) groups is 1. The molecule has 1 aliphatic heterocycles. The van der Waals surface area contributed by atoms with Gasteiger partial charge in [0.25, 0.3) is 5.56 Å². The molecule has 1 N–H and O–H groups in total. The van der Waals surface area contributed by atoms with Gasteiger partial charge < -0.3 is 14.8 Å². The van der Waals surface area contributed by atoms with Crippen LogP contribution in [0.25, 0.3) is 21.5 Å². The normalized spacial score (nSPS) is 12.3. The van der Waals surface area contributed by atoms with Crippen LogP contribution >= 0.6 is 11.3 Å². The Bertz CT molecular complexity index is 1340. The van der Waals surface area contributed by atoms with Crippen molar-refractivity contribution >= 4 is 33.1 Å². The van der Waals surface area contributed by atoms with E-state index in [-0.39, 0.29) is 24.8 Å². The van der Waals surface area contributed by atoms with Crippen molar-refractivity contribution in [3.63, 3.8) is 0 Å². The monoisotopic (exact) mass is 420 g/mol. The van der Waals surface area contributed by atoms with Crippen molar-refractivity contribution in [3.8, 4) is 22.8 Å². The molecule has 9 heteroatoms. The quantitative estimate of drug-likeness (QED) is 0.545. The molecular formula is C21H16N4O4S. The number of amides is 1. The van der Waals surface area contributed by atoms with E-state index >= 15 is 0 Å². The summed E-state index contributed by atoms with van der Waals surface area (Å²) in [7, 11) is 0. The molecule has 4 aromatic rings. The average Bonchev–Trinajstić information content (AvgIpc) is 3.34. The lowest BCUT2D eigenvalue weighted by atomic mass is 10.1. The van der Waals surface area contributed by atoms with Gasteiger partial charge in [0.05, 0.1) is 20.9 Å². The number of rotatable bonds is 4. The highest BCUT2D eigenvalue weighted by molar-refractivity contribution is 7.18. The fraction of sp³-hybridized carbons (Fsp3) is 0.143. The van der Waals surface area contributed by atoms with Crippen LogP contribution in [0.1, 0.15) is 5.01 Å². The summed E-state index contributed by atoms with van der Waals surface area (Å²) in [5.74, 6) is 0.940. The molecule has 0 aliphatic carbocycles. The number of hydrogen-bond donors (Lipinski definition) is 1. The van der Waals surface area contributed by atoms with Crippen LogP contribution in [0.5, 0.6) is 11.5 Å². The third-order valence-electron chi connectivity index (χ3n) is 4.61. The Hall–Kier alpha value is -3.72. The van der Waals surface area contributed by atoms with E-state index in [9.17, 15) is 9.59 Å². The molecule has 3 heterocycles. The molecule has 0 saturated carbocycles. The van der Waals surface area contributed by atoms with Gasteiger partial charge in [-0.2, -0.15) is 5.10 Å². The van der Waals surface area contributed by atoms with E-state index in [4.69, 9.17) is 9.47 Å². The number of aromatic nitrogens is 3. The largest absolute Gasteiger partial charge is 0.454 e. The van der Waals surface area contributed by atoms with Crippen molar-refractivity contribution in [2.24, 2.45) is 0 Å². The van der Waals surface area contributed by atoms with Crippen molar-refractivity contribution in [3.05, 3.63) is 63.9 Å². The van der Waals surface area contributed by atoms with Crippen LogP contribution in [-0.4, -0.2) is 27.5 Å². The minimum absolute atomic E-state index is 0.179. The first kappa shape index (κ1) is 18.3. The summed E-state index contributed by atoms with van der Waals surface area (Å²) >= 11 is 1.60. The molecular weight excluding hydrogens is 404 g/mol. The van der Waals surface area contributed by atoms with E-state index in [0.29, 0.717) is 22.9 Å². The number of hydrogen-bond acceptors (Lipinski definition) is 7. The van der Waals surface area contributed by atoms with Gasteiger partial charge in [-0.1, -0.05) is 0 Å². The number of aryl methyl sites for hydroxylation is 1. The van der Waals surface area contributed by atoms with Gasteiger partial charge in [-0.25, -0.2) is 9.67 Å². The molecule has 0 radical (unpaired) electrons. The van der Waals surface area contributed by atoms with Crippen LogP contribution in [0, 0.1) is 6.92 Å². The number of nitrogens with one attached hydrogen (secondary N) is 1. The Morgan fingerprint density at radius 1 is 1.13 bits per heavy atom. The topological polar surface area (TPSA) is 95.3 Å². The molecule has 0 fully saturated rings. The second kappa shape index (κ2) is 7.27. The summed E-state index contributed by atoms with van der Waals surface area (Å²) in [6, 6.07) is 14.0. The molecule has 8 nitrogen and oxygen atoms in total. The Balaban J connectivity index is 1.36. The van der Waals surface area contributed by atoms with Crippen LogP contribution in [0.3, 0.4) is 0 Å². The number of thiazole rings is 1. The summed E-state index contributed by atoms with van der Waals surface area (Å²) in [6.45, 7) is 1.91. The van der Waals surface area contributed by atoms with Crippen molar-refractivity contribution in [1.82, 2.24) is 14.8 Å². The highest BCUT2D eigenvalue weighted by Crippen LogP contribution is 2.35. The van der Waals surface area contributed by atoms with Crippen LogP contribution < -0.4 is 20.3 Å². The highest BCUT2D eigenvalue weighted by atomic mass is 32.1. The summed E-state index contributed by atoms with van der Waals surface area (Å²) in [4.78, 5) is 29.2. The number of carbonyl (C=O) groups excluding carboxylic acids is 1. The number of anilines is 1. The summed E-state index contributed by atoms with van der Waals surface area (Å²) in [5.41, 5.74) is 2.41. The number of benzene rings is 2. The lowest BCUT2D eigenvalue weighted by Gasteiger charge is -2.09. The van der Waals surface area contributed by atoms with Crippen molar-refractivity contribution < 1.29 is 14.3 Å². The van der Waals surface area contributed by atoms with E-state index in [2.05, 4.69) is 15.4 Å². The Morgan fingerprint density at radius 2 is 2.00 bits per heavy atom. The van der Waals surface area contributed by atoms with E-state index < -0.39 is 0 Å². The van der Waals surface area contributed by atoms with Crippen molar-refractivity contribution in [2.45, 2.75) is 13.5 Å². The first-order chi connectivity index (χ1) is 14.5. The summed E-state index contributed by atoms with van der Waals surface area (Å²) in [6.07, 6.45) is 0. The summed E-state index contributed by atoms with van der Waals surface area (Å²) < 4.78 is 12.9. The average molecular weight is 420 g/mol. The van der Waals surface area contributed by atoms with Gasteiger partial charge in [0.1, 0.15) is 6.54 Å². The minimum atomic E-state index is -0.361. The standard InChI is InChI=1S/C21H16N4O4S/c1-12-22-16-9-14(3-6-19(16)30-12)23-20(26)10-25-21(27)7-4-15(24-25)13-2-5-17-18(8-13)29-11-28-17/h2-9H,10-11H2,1H3,(H,23,26). The molecule has 30 heavy (non-hydrogen) atoms. The first-order valence-electron chi connectivity index (χ1n) is 9.20. The maximum atomic E-state index is 12.5. The molecule has 2 aromatic carbocycles. The molecule has 0 bridgehead atoms. The van der Waals surface area contributed by atoms with E-state index in [0.717, 1.165) is 25.5 Å². The van der Waals surface area contributed by atoms with Gasteiger partial charge in [-0.15, -0.1) is 11.3 Å². The van der Waals surface area contributed by atoms with E-state index in [1.807, 2.05) is 31.2 Å². The van der Waals surface area contributed by atoms with Gasteiger partial charge >= 0.3 is 0 Å². The van der Waals surface area contributed by atoms with Crippen molar-refractivity contribution in [1.29, 1.82) is 0 Å². The zero-order chi connectivity index (χ0) is 20.7. The third kappa shape index (κ3) is 3.50. The molecule has 150 valence electrons. The predicted octanol–water partition coefficient (Wildman–Crippen LogP) is 3.20. The SMILES string of the molecule is Cc1nc2cc(NC(=O)Cn3nc(-c4ccc5c(c4)OCO5)ccc3=O)ccc2s1. The van der Waals surface area contributed by atoms with Gasteiger partial charge in [0, 0.05) is 17.3 Å². The molecule has 1 amide bonds. The predicted molar refractivity (Wildman–Crippen MR) is 113 cm³/mol. The highest BCUT2D eigenvalue weighted by Gasteiger charge is 2.15. The van der Waals surface area contributed by atoms with Crippen LogP contribution in [0.15, 0.2) is 53.3 Å². The second-order valence-corrected chi connectivity index (χ2v) is 7.98. The first-order valence-corrected chi connectivity index (χ1v) is 10.0. The molecule has 5 rings (SSSR count). The molecule has 2 aromatic heterocycles. The number of nitrogens with zero attached hydrogens (tertiary/aromatic N) is 3. The Kier molecular flexibility index (Phi) is 4.44. The van der Waals surface area contributed by atoms with Gasteiger partial charge in [0.15, 0.2) is 11.5 Å². The lowest BCUT2D eigenvalue weighted by Crippen LogP contribution is -2.29. The number of fused-ring (bicyclic) bond motifs is 2. The molecule has 0 atom stereocenters. The fourth-order valence-corrected chi connectivity index (χ4v) is 4.04. The second-order valence-electron chi connectivity index (χ2n) is 6.75. The van der Waals surface area contributed by atoms with Crippen molar-refractivity contribution in [2.75, 3.05) is 12.1 Å². The lowest BCUT2D eigenvalue weighted by molar-refractivity contribution is -0.117. The van der Waals surface area contributed by atoms with Gasteiger partial charge in [-0.05, 0) is 49.4 Å². The number of ether oxygens (including phenoxy) is 2. The molecule has 1 aliphatic rings. The zero-order valence-electron chi connectivity index (χ0n) is 15.9. The smallest absolute Gasteiger partial charge is 0.267 e. The van der Waals surface area contributed by atoms with E-state index in [1.165, 1.54) is 6.07 Å². The maximum Gasteiger partial charge on any atom is 0.267 e. The molecule has 0 spiro atoms. The van der Waals surface area contributed by atoms with Crippen LogP contribution in [0.4, 0.5) is 5.69 Å². The van der Waals surface area contributed by atoms with Crippen LogP contribution in [-0.2, 0) is 11.3 Å². The Labute approximate surface area is 174 Å². The molecule has 0 saturated heterocycles. The third-order valence-corrected chi connectivity index (χ3v) is 5.56. The van der Waals surface area contributed by atoms with Crippen LogP contribution in [0.2, 0.25) is 0 Å². The summed E-state index contributed by atoms with van der Waals surface area (Å²) in [5, 5.41) is 8.10. The molecule has 0 unspecified atom stereocenters. The van der Waals surface area contributed by atoms with Gasteiger partial charge in [-0.3, -0.25) is 9.59 Å². The maximum absolute atomic E-state index is 12.5. The fourth-order valence-electron chi connectivity index (χ4n) is 3.23. The van der Waals surface area contributed by atoms with Gasteiger partial charge in [0.2, 0.25) is 12.7 Å².